The lowest BCUT2D eigenvalue weighted by Crippen LogP contribution is -2.25. The fraction of sp³-hybridized carbons (Fsp3) is 0.385. The van der Waals surface area contributed by atoms with Gasteiger partial charge in [-0.3, -0.25) is 10.1 Å². The van der Waals surface area contributed by atoms with Crippen LogP contribution in [0.5, 0.6) is 5.75 Å². The third-order valence-electron chi connectivity index (χ3n) is 6.89. The fourth-order valence-corrected chi connectivity index (χ4v) is 6.55. The lowest BCUT2D eigenvalue weighted by molar-refractivity contribution is -0.385. The van der Waals surface area contributed by atoms with Crippen LogP contribution in [0.15, 0.2) is 59.5 Å². The maximum absolute atomic E-state index is 13.9. The van der Waals surface area contributed by atoms with Gasteiger partial charge in [0.05, 0.1) is 27.1 Å². The minimum Gasteiger partial charge on any atom is -0.490 e. The van der Waals surface area contributed by atoms with Gasteiger partial charge in [-0.05, 0) is 75.1 Å². The van der Waals surface area contributed by atoms with Crippen molar-refractivity contribution >= 4 is 32.2 Å². The topological polar surface area (TPSA) is 94.7 Å². The number of non-ortho nitro benzene ring substituents is 1. The number of likely N-dealkylation sites (N-methyl/N-ethyl adjacent to an activating group) is 1. The van der Waals surface area contributed by atoms with E-state index in [0.29, 0.717) is 17.6 Å². The quantitative estimate of drug-likeness (QED) is 0.344. The molecule has 3 aromatic rings. The Hall–Kier alpha value is -3.17. The van der Waals surface area contributed by atoms with Crippen LogP contribution in [0.1, 0.15) is 44.2 Å². The Labute approximate surface area is 205 Å². The number of ether oxygens (including phenoxy) is 1. The zero-order valence-electron chi connectivity index (χ0n) is 19.7. The van der Waals surface area contributed by atoms with Crippen molar-refractivity contribution in [3.63, 3.8) is 0 Å². The summed E-state index contributed by atoms with van der Waals surface area (Å²) in [4.78, 5) is 12.8. The van der Waals surface area contributed by atoms with E-state index < -0.39 is 14.9 Å². The van der Waals surface area contributed by atoms with E-state index in [-0.39, 0.29) is 16.7 Å². The molecule has 9 heteroatoms. The highest BCUT2D eigenvalue weighted by Crippen LogP contribution is 2.35. The third kappa shape index (κ3) is 4.70. The van der Waals surface area contributed by atoms with Crippen LogP contribution in [0.4, 0.5) is 5.69 Å². The van der Waals surface area contributed by atoms with Gasteiger partial charge in [-0.2, -0.15) is 0 Å². The Morgan fingerprint density at radius 2 is 1.86 bits per heavy atom. The second-order valence-corrected chi connectivity index (χ2v) is 11.2. The summed E-state index contributed by atoms with van der Waals surface area (Å²) in [6, 6.07) is 12.6. The van der Waals surface area contributed by atoms with E-state index >= 15 is 0 Å². The molecule has 1 saturated carbocycles. The van der Waals surface area contributed by atoms with Gasteiger partial charge in [-0.25, -0.2) is 12.4 Å². The van der Waals surface area contributed by atoms with Crippen LogP contribution in [0.3, 0.4) is 0 Å². The van der Waals surface area contributed by atoms with Crippen LogP contribution in [-0.4, -0.2) is 48.5 Å². The fourth-order valence-electron chi connectivity index (χ4n) is 4.97. The van der Waals surface area contributed by atoms with Crippen molar-refractivity contribution < 1.29 is 18.1 Å². The van der Waals surface area contributed by atoms with Gasteiger partial charge in [-0.15, -0.1) is 0 Å². The van der Waals surface area contributed by atoms with Gasteiger partial charge in [-0.1, -0.05) is 18.6 Å². The second-order valence-electron chi connectivity index (χ2n) is 9.39. The summed E-state index contributed by atoms with van der Waals surface area (Å²) in [5.74, 6) is 0.734. The molecule has 0 atom stereocenters. The van der Waals surface area contributed by atoms with Gasteiger partial charge in [0.2, 0.25) is 0 Å². The Morgan fingerprint density at radius 1 is 1.06 bits per heavy atom. The predicted octanol–water partition coefficient (Wildman–Crippen LogP) is 5.22. The molecule has 2 aromatic carbocycles. The van der Waals surface area contributed by atoms with Gasteiger partial charge in [0.25, 0.3) is 15.7 Å². The number of nitro groups is 1. The summed E-state index contributed by atoms with van der Waals surface area (Å²) in [5, 5.41) is 12.1. The molecule has 5 rings (SSSR count). The smallest absolute Gasteiger partial charge is 0.270 e. The molecular weight excluding hydrogens is 466 g/mol. The summed E-state index contributed by atoms with van der Waals surface area (Å²) in [6.45, 7) is 1.55. The first-order chi connectivity index (χ1) is 16.8. The number of hydrogen-bond acceptors (Lipinski definition) is 6. The monoisotopic (exact) mass is 495 g/mol. The van der Waals surface area contributed by atoms with Crippen LogP contribution >= 0.6 is 0 Å². The van der Waals surface area contributed by atoms with Crippen LogP contribution in [0.2, 0.25) is 0 Å². The summed E-state index contributed by atoms with van der Waals surface area (Å²) < 4.78 is 35.3. The number of rotatable bonds is 6. The molecule has 35 heavy (non-hydrogen) atoms. The van der Waals surface area contributed by atoms with Crippen molar-refractivity contribution in [2.75, 3.05) is 20.1 Å². The minimum absolute atomic E-state index is 0.110. The van der Waals surface area contributed by atoms with Crippen LogP contribution in [0.25, 0.3) is 16.5 Å². The van der Waals surface area contributed by atoms with Gasteiger partial charge in [0, 0.05) is 30.6 Å². The normalized spacial score (nSPS) is 17.9. The van der Waals surface area contributed by atoms with Crippen molar-refractivity contribution in [3.05, 3.63) is 70.4 Å². The average Bonchev–Trinajstić information content (AvgIpc) is 3.25. The molecule has 8 nitrogen and oxygen atoms in total. The molecule has 1 fully saturated rings. The number of benzene rings is 2. The SMILES string of the molecule is CN1CC=C(c2cc3cc(OC4CCCCC4)ccc3n2S(=O)(=O)c2cccc([N+](=O)[O-])c2)CC1. The molecule has 1 aliphatic carbocycles. The summed E-state index contributed by atoms with van der Waals surface area (Å²) in [5.41, 5.74) is 1.81. The molecule has 0 amide bonds. The predicted molar refractivity (Wildman–Crippen MR) is 135 cm³/mol. The van der Waals surface area contributed by atoms with Crippen molar-refractivity contribution in [1.82, 2.24) is 8.87 Å². The van der Waals surface area contributed by atoms with Crippen molar-refractivity contribution in [2.45, 2.75) is 49.5 Å². The highest BCUT2D eigenvalue weighted by molar-refractivity contribution is 7.90. The number of nitrogens with zero attached hydrogens (tertiary/aromatic N) is 3. The second kappa shape index (κ2) is 9.47. The van der Waals surface area contributed by atoms with Gasteiger partial charge in [0.15, 0.2) is 0 Å². The number of nitro benzene ring substituents is 1. The van der Waals surface area contributed by atoms with Gasteiger partial charge in [0.1, 0.15) is 5.75 Å². The zero-order valence-corrected chi connectivity index (χ0v) is 20.5. The van der Waals surface area contributed by atoms with Crippen LogP contribution in [0, 0.1) is 10.1 Å². The van der Waals surface area contributed by atoms with Crippen LogP contribution in [-0.2, 0) is 10.0 Å². The number of fused-ring (bicyclic) bond motifs is 1. The molecule has 2 aliphatic rings. The summed E-state index contributed by atoms with van der Waals surface area (Å²) >= 11 is 0. The molecular formula is C26H29N3O5S. The average molecular weight is 496 g/mol. The Bertz CT molecular complexity index is 1400. The Morgan fingerprint density at radius 3 is 2.57 bits per heavy atom. The molecule has 0 N–H and O–H groups in total. The van der Waals surface area contributed by atoms with E-state index in [2.05, 4.69) is 11.0 Å². The standard InChI is InChI=1S/C26H29N3O5S/c1-27-14-12-19(13-15-27)26-17-20-16-23(34-22-7-3-2-4-8-22)10-11-25(20)28(26)35(32,33)24-9-5-6-21(18-24)29(30)31/h5-6,9-12,16-18,22H,2-4,7-8,13-15H2,1H3. The molecule has 0 radical (unpaired) electrons. The van der Waals surface area contributed by atoms with E-state index in [1.165, 1.54) is 28.6 Å². The molecule has 1 aromatic heterocycles. The largest absolute Gasteiger partial charge is 0.490 e. The molecule has 0 spiro atoms. The molecule has 1 aliphatic heterocycles. The lowest BCUT2D eigenvalue weighted by atomic mass is 9.98. The van der Waals surface area contributed by atoms with E-state index in [0.717, 1.165) is 61.5 Å². The summed E-state index contributed by atoms with van der Waals surface area (Å²) in [7, 11) is -2.07. The van der Waals surface area contributed by atoms with Crippen LogP contribution < -0.4 is 4.74 Å². The highest BCUT2D eigenvalue weighted by atomic mass is 32.2. The molecule has 0 unspecified atom stereocenters. The molecule has 2 heterocycles. The van der Waals surface area contributed by atoms with Gasteiger partial charge >= 0.3 is 0 Å². The highest BCUT2D eigenvalue weighted by Gasteiger charge is 2.27. The lowest BCUT2D eigenvalue weighted by Gasteiger charge is -2.23. The maximum atomic E-state index is 13.9. The number of hydrogen-bond donors (Lipinski definition) is 0. The Balaban J connectivity index is 1.63. The first-order valence-corrected chi connectivity index (χ1v) is 13.5. The molecule has 0 saturated heterocycles. The molecule has 184 valence electrons. The van der Waals surface area contributed by atoms with Crippen molar-refractivity contribution in [1.29, 1.82) is 0 Å². The Kier molecular flexibility index (Phi) is 6.37. The van der Waals surface area contributed by atoms with E-state index in [4.69, 9.17) is 4.74 Å². The molecule has 0 bridgehead atoms. The zero-order chi connectivity index (χ0) is 24.6. The van der Waals surface area contributed by atoms with E-state index in [1.807, 2.05) is 25.2 Å². The first-order valence-electron chi connectivity index (χ1n) is 12.0. The van der Waals surface area contributed by atoms with Crippen molar-refractivity contribution in [2.24, 2.45) is 0 Å². The third-order valence-corrected chi connectivity index (χ3v) is 8.62. The minimum atomic E-state index is -4.09. The maximum Gasteiger partial charge on any atom is 0.270 e. The first kappa shape index (κ1) is 23.6. The van der Waals surface area contributed by atoms with Crippen molar-refractivity contribution in [3.8, 4) is 5.75 Å². The van der Waals surface area contributed by atoms with E-state index in [1.54, 1.807) is 6.07 Å². The summed E-state index contributed by atoms with van der Waals surface area (Å²) in [6.07, 6.45) is 8.59. The van der Waals surface area contributed by atoms with E-state index in [9.17, 15) is 18.5 Å². The van der Waals surface area contributed by atoms with Gasteiger partial charge < -0.3 is 9.64 Å². The number of aromatic nitrogens is 1.